The number of halogens is 2. The average molecular weight is 376 g/mol. The largest absolute Gasteiger partial charge is 0.328 e. The summed E-state index contributed by atoms with van der Waals surface area (Å²) in [5.41, 5.74) is 10.5. The molecule has 0 atom stereocenters. The molecule has 0 aliphatic carbocycles. The van der Waals surface area contributed by atoms with Crippen LogP contribution in [-0.4, -0.2) is 29.0 Å². The summed E-state index contributed by atoms with van der Waals surface area (Å²) in [5, 5.41) is 0.593. The van der Waals surface area contributed by atoms with Crippen molar-refractivity contribution in [2.45, 2.75) is 25.4 Å². The van der Waals surface area contributed by atoms with E-state index in [9.17, 15) is 0 Å². The zero-order chi connectivity index (χ0) is 17.4. The summed E-state index contributed by atoms with van der Waals surface area (Å²) in [7, 11) is 0. The molecule has 1 aliphatic heterocycles. The van der Waals surface area contributed by atoms with Gasteiger partial charge in [-0.3, -0.25) is 4.90 Å². The second kappa shape index (κ2) is 7.00. The van der Waals surface area contributed by atoms with Crippen molar-refractivity contribution in [2.75, 3.05) is 13.1 Å². The van der Waals surface area contributed by atoms with Crippen LogP contribution in [-0.2, 0) is 6.54 Å². The van der Waals surface area contributed by atoms with Crippen molar-refractivity contribution < 1.29 is 4.39 Å². The average Bonchev–Trinajstić information content (AvgIpc) is 3.05. The van der Waals surface area contributed by atoms with Crippen molar-refractivity contribution in [2.24, 2.45) is 5.73 Å². The maximum absolute atomic E-state index is 15.4. The zero-order valence-electron chi connectivity index (χ0n) is 13.7. The minimum absolute atomic E-state index is 0.199. The predicted octanol–water partition coefficient (Wildman–Crippen LogP) is 4.68. The molecule has 1 aromatic heterocycles. The molecule has 1 fully saturated rings. The molecule has 3 nitrogen and oxygen atoms in total. The summed E-state index contributed by atoms with van der Waals surface area (Å²) >= 11 is 7.66. The van der Waals surface area contributed by atoms with E-state index in [0.717, 1.165) is 36.2 Å². The van der Waals surface area contributed by atoms with Gasteiger partial charge in [-0.15, -0.1) is 11.3 Å². The van der Waals surface area contributed by atoms with E-state index in [4.69, 9.17) is 17.3 Å². The molecule has 4 rings (SSSR count). The maximum atomic E-state index is 15.4. The van der Waals surface area contributed by atoms with Gasteiger partial charge in [-0.2, -0.15) is 0 Å². The molecule has 6 heteroatoms. The molecule has 0 amide bonds. The van der Waals surface area contributed by atoms with Crippen molar-refractivity contribution in [1.29, 1.82) is 0 Å². The minimum Gasteiger partial charge on any atom is -0.328 e. The molecule has 2 heterocycles. The molecule has 0 bridgehead atoms. The van der Waals surface area contributed by atoms with Crippen LogP contribution in [0, 0.1) is 5.82 Å². The first-order valence-corrected chi connectivity index (χ1v) is 9.66. The van der Waals surface area contributed by atoms with Gasteiger partial charge < -0.3 is 5.73 Å². The molecule has 0 radical (unpaired) electrons. The van der Waals surface area contributed by atoms with E-state index in [1.54, 1.807) is 17.6 Å². The van der Waals surface area contributed by atoms with E-state index in [-0.39, 0.29) is 11.9 Å². The third-order valence-corrected chi connectivity index (χ3v) is 5.79. The molecule has 0 spiro atoms. The predicted molar refractivity (Wildman–Crippen MR) is 103 cm³/mol. The highest BCUT2D eigenvalue weighted by Gasteiger charge is 2.21. The summed E-state index contributed by atoms with van der Waals surface area (Å²) in [6, 6.07) is 9.52. The number of hydrogen-bond donors (Lipinski definition) is 1. The van der Waals surface area contributed by atoms with Gasteiger partial charge in [-0.1, -0.05) is 23.7 Å². The Morgan fingerprint density at radius 2 is 2.08 bits per heavy atom. The van der Waals surface area contributed by atoms with E-state index in [0.29, 0.717) is 28.2 Å². The topological polar surface area (TPSA) is 42.1 Å². The van der Waals surface area contributed by atoms with Gasteiger partial charge in [0, 0.05) is 28.7 Å². The van der Waals surface area contributed by atoms with Gasteiger partial charge in [-0.25, -0.2) is 9.37 Å². The number of aromatic nitrogens is 1. The van der Waals surface area contributed by atoms with E-state index >= 15 is 4.39 Å². The van der Waals surface area contributed by atoms with Gasteiger partial charge >= 0.3 is 0 Å². The molecular formula is C19H19ClFN3S. The lowest BCUT2D eigenvalue weighted by Crippen LogP contribution is -2.39. The number of thiazole rings is 1. The highest BCUT2D eigenvalue weighted by atomic mass is 35.5. The molecule has 130 valence electrons. The second-order valence-electron chi connectivity index (χ2n) is 6.55. The Bertz CT molecular complexity index is 903. The molecular weight excluding hydrogens is 357 g/mol. The van der Waals surface area contributed by atoms with Gasteiger partial charge in [0.1, 0.15) is 5.82 Å². The quantitative estimate of drug-likeness (QED) is 0.722. The monoisotopic (exact) mass is 375 g/mol. The Labute approximate surface area is 155 Å². The van der Waals surface area contributed by atoms with Crippen LogP contribution in [0.1, 0.15) is 18.4 Å². The van der Waals surface area contributed by atoms with Crippen LogP contribution in [0.3, 0.4) is 0 Å². The van der Waals surface area contributed by atoms with Crippen LogP contribution in [0.5, 0.6) is 0 Å². The molecule has 0 saturated carbocycles. The summed E-state index contributed by atoms with van der Waals surface area (Å²) in [6.07, 6.45) is 1.93. The smallest absolute Gasteiger partial charge is 0.137 e. The molecule has 1 saturated heterocycles. The molecule has 3 aromatic rings. The van der Waals surface area contributed by atoms with Gasteiger partial charge in [0.25, 0.3) is 0 Å². The lowest BCUT2D eigenvalue weighted by atomic mass is 9.99. The van der Waals surface area contributed by atoms with Crippen molar-refractivity contribution in [3.63, 3.8) is 0 Å². The number of nitrogens with zero attached hydrogens (tertiary/aromatic N) is 2. The van der Waals surface area contributed by atoms with Crippen molar-refractivity contribution in [1.82, 2.24) is 9.88 Å². The van der Waals surface area contributed by atoms with Crippen LogP contribution in [0.25, 0.3) is 21.3 Å². The highest BCUT2D eigenvalue weighted by molar-refractivity contribution is 7.16. The van der Waals surface area contributed by atoms with Gasteiger partial charge in [0.05, 0.1) is 15.7 Å². The maximum Gasteiger partial charge on any atom is 0.137 e. The normalized spacial score (nSPS) is 16.6. The Morgan fingerprint density at radius 3 is 2.84 bits per heavy atom. The molecule has 2 aromatic carbocycles. The molecule has 2 N–H and O–H groups in total. The highest BCUT2D eigenvalue weighted by Crippen LogP contribution is 2.36. The van der Waals surface area contributed by atoms with Crippen LogP contribution < -0.4 is 5.73 Å². The van der Waals surface area contributed by atoms with Crippen LogP contribution in [0.15, 0.2) is 35.8 Å². The molecule has 1 aliphatic rings. The number of fused-ring (bicyclic) bond motifs is 1. The Morgan fingerprint density at radius 1 is 1.28 bits per heavy atom. The van der Waals surface area contributed by atoms with Gasteiger partial charge in [-0.05, 0) is 49.7 Å². The Kier molecular flexibility index (Phi) is 4.73. The summed E-state index contributed by atoms with van der Waals surface area (Å²) in [6.45, 7) is 2.42. The number of rotatable bonds is 3. The molecule has 25 heavy (non-hydrogen) atoms. The number of piperidine rings is 1. The first-order valence-electron chi connectivity index (χ1n) is 8.40. The van der Waals surface area contributed by atoms with Gasteiger partial charge in [0.2, 0.25) is 0 Å². The van der Waals surface area contributed by atoms with Crippen LogP contribution in [0.2, 0.25) is 5.02 Å². The standard InChI is InChI=1S/C19H19ClFN3S/c20-14-3-1-2-12(8-14)17-18(21)13(9-16-19(17)23-11-25-16)10-24-6-4-15(22)5-7-24/h1-3,8-9,11,15H,4-7,10,22H2. The first-order chi connectivity index (χ1) is 12.1. The fourth-order valence-electron chi connectivity index (χ4n) is 3.41. The SMILES string of the molecule is NC1CCN(Cc2cc3scnc3c(-c3cccc(Cl)c3)c2F)CC1. The van der Waals surface area contributed by atoms with Crippen molar-refractivity contribution in [3.05, 3.63) is 52.2 Å². The Hall–Kier alpha value is -1.53. The van der Waals surface area contributed by atoms with Crippen LogP contribution >= 0.6 is 22.9 Å². The van der Waals surface area contributed by atoms with E-state index < -0.39 is 0 Å². The number of nitrogens with two attached hydrogens (primary N) is 1. The fraction of sp³-hybridized carbons (Fsp3) is 0.316. The second-order valence-corrected chi connectivity index (χ2v) is 7.87. The summed E-state index contributed by atoms with van der Waals surface area (Å²) in [5.74, 6) is -0.199. The van der Waals surface area contributed by atoms with E-state index in [1.165, 1.54) is 11.3 Å². The first kappa shape index (κ1) is 16.9. The summed E-state index contributed by atoms with van der Waals surface area (Å²) < 4.78 is 16.4. The van der Waals surface area contributed by atoms with E-state index in [1.807, 2.05) is 18.2 Å². The summed E-state index contributed by atoms with van der Waals surface area (Å²) in [4.78, 5) is 6.66. The number of likely N-dealkylation sites (tertiary alicyclic amines) is 1. The molecule has 0 unspecified atom stereocenters. The third-order valence-electron chi connectivity index (χ3n) is 4.78. The number of benzene rings is 2. The Balaban J connectivity index is 1.77. The van der Waals surface area contributed by atoms with Crippen molar-refractivity contribution >= 4 is 33.2 Å². The van der Waals surface area contributed by atoms with E-state index in [2.05, 4.69) is 9.88 Å². The van der Waals surface area contributed by atoms with Gasteiger partial charge in [0.15, 0.2) is 0 Å². The fourth-order valence-corrected chi connectivity index (χ4v) is 4.34. The van der Waals surface area contributed by atoms with Crippen LogP contribution in [0.4, 0.5) is 4.39 Å². The third kappa shape index (κ3) is 3.42. The lowest BCUT2D eigenvalue weighted by Gasteiger charge is -2.30. The zero-order valence-corrected chi connectivity index (χ0v) is 15.3. The van der Waals surface area contributed by atoms with Crippen molar-refractivity contribution in [3.8, 4) is 11.1 Å². The lowest BCUT2D eigenvalue weighted by molar-refractivity contribution is 0.203. The minimum atomic E-state index is -0.199. The number of hydrogen-bond acceptors (Lipinski definition) is 4.